The van der Waals surface area contributed by atoms with Crippen LogP contribution in [0.1, 0.15) is 29.2 Å². The molecule has 4 aromatic rings. The van der Waals surface area contributed by atoms with Crippen molar-refractivity contribution in [3.05, 3.63) is 144 Å². The van der Waals surface area contributed by atoms with Crippen LogP contribution in [0.15, 0.2) is 121 Å². The van der Waals surface area contributed by atoms with Gasteiger partial charge in [-0.25, -0.2) is 9.59 Å². The van der Waals surface area contributed by atoms with Crippen molar-refractivity contribution in [2.75, 3.05) is 0 Å². The highest BCUT2D eigenvalue weighted by molar-refractivity contribution is 5.88. The quantitative estimate of drug-likeness (QED) is 0.132. The summed E-state index contributed by atoms with van der Waals surface area (Å²) in [6, 6.07) is 30.0. The molecule has 0 radical (unpaired) electrons. The Hall–Kier alpha value is -5.14. The first-order chi connectivity index (χ1) is 20.0. The molecule has 42 heavy (non-hydrogen) atoms. The van der Waals surface area contributed by atoms with Gasteiger partial charge in [-0.05, 0) is 64.1 Å². The fourth-order valence-electron chi connectivity index (χ4n) is 4.74. The van der Waals surface area contributed by atoms with Gasteiger partial charge in [-0.2, -0.15) is 0 Å². The summed E-state index contributed by atoms with van der Waals surface area (Å²) >= 11 is 0. The van der Waals surface area contributed by atoms with Crippen molar-refractivity contribution in [2.24, 2.45) is 0 Å². The molecule has 0 spiro atoms. The number of carboxylic acids is 2. The van der Waals surface area contributed by atoms with E-state index in [1.165, 1.54) is 12.5 Å². The molecule has 214 valence electrons. The van der Waals surface area contributed by atoms with Crippen LogP contribution in [-0.2, 0) is 28.9 Å². The zero-order valence-corrected chi connectivity index (χ0v) is 23.2. The predicted molar refractivity (Wildman–Crippen MR) is 160 cm³/mol. The second-order valence-corrected chi connectivity index (χ2v) is 9.96. The number of carbonyl (C=O) groups is 2. The summed E-state index contributed by atoms with van der Waals surface area (Å²) in [7, 11) is 0. The fourth-order valence-corrected chi connectivity index (χ4v) is 4.74. The van der Waals surface area contributed by atoms with Gasteiger partial charge in [0.15, 0.2) is 0 Å². The van der Waals surface area contributed by atoms with Crippen LogP contribution in [0.4, 0.5) is 0 Å². The topological polar surface area (TPSA) is 113 Å². The lowest BCUT2D eigenvalue weighted by molar-refractivity contribution is -0.258. The maximum Gasteiger partial charge on any atom is 0.366 e. The molecule has 7 nitrogen and oxygen atoms in total. The summed E-state index contributed by atoms with van der Waals surface area (Å²) in [6.45, 7) is 8.69. The summed E-state index contributed by atoms with van der Waals surface area (Å²) in [5, 5.41) is 28.3. The van der Waals surface area contributed by atoms with Gasteiger partial charge in [0.25, 0.3) is 0 Å². The fraction of sp³-hybridized carbons (Fsp3) is 0.143. The SMILES string of the molecule is C=C(Cc1ccc2c(c1CC(=C)C(=O)O)Cc1ccccc1-2)C(=O)O.CC(O)(Oc1ccccc1)Oc1ccccc1. The third-order valence-corrected chi connectivity index (χ3v) is 6.70. The first-order valence-corrected chi connectivity index (χ1v) is 13.3. The zero-order valence-electron chi connectivity index (χ0n) is 23.2. The van der Waals surface area contributed by atoms with Gasteiger partial charge in [-0.15, -0.1) is 0 Å². The smallest absolute Gasteiger partial charge is 0.366 e. The van der Waals surface area contributed by atoms with Crippen LogP contribution in [0, 0.1) is 0 Å². The minimum absolute atomic E-state index is 0.0812. The van der Waals surface area contributed by atoms with Crippen LogP contribution >= 0.6 is 0 Å². The lowest BCUT2D eigenvalue weighted by Crippen LogP contribution is -2.38. The van der Waals surface area contributed by atoms with Crippen LogP contribution in [0.5, 0.6) is 11.5 Å². The number of aliphatic carboxylic acids is 2. The molecule has 0 saturated carbocycles. The Kier molecular flexibility index (Phi) is 9.25. The molecule has 3 N–H and O–H groups in total. The van der Waals surface area contributed by atoms with Crippen LogP contribution in [0.3, 0.4) is 0 Å². The highest BCUT2D eigenvalue weighted by Gasteiger charge is 2.26. The Morgan fingerprint density at radius 3 is 1.76 bits per heavy atom. The molecule has 0 atom stereocenters. The second-order valence-electron chi connectivity index (χ2n) is 9.96. The average Bonchev–Trinajstić information content (AvgIpc) is 3.34. The van der Waals surface area contributed by atoms with E-state index >= 15 is 0 Å². The standard InChI is InChI=1S/C21H18O4.C14H14O3/c1-12(20(22)23)9-15-7-8-17-16-6-4-3-5-14(16)11-19(17)18(15)10-13(2)21(24)25;1-14(15,16-12-8-4-2-5-9-12)17-13-10-6-3-7-11-13/h3-8H,1-2,9-11H2,(H,22,23)(H,24,25);2-11,15H,1H3. The molecule has 0 amide bonds. The molecule has 0 bridgehead atoms. The lowest BCUT2D eigenvalue weighted by atomic mass is 9.89. The summed E-state index contributed by atoms with van der Waals surface area (Å²) in [4.78, 5) is 22.4. The molecule has 0 saturated heterocycles. The molecule has 0 aromatic heterocycles. The Balaban J connectivity index is 0.000000208. The molecule has 0 fully saturated rings. The summed E-state index contributed by atoms with van der Waals surface area (Å²) in [5.41, 5.74) is 6.28. The third kappa shape index (κ3) is 7.53. The van der Waals surface area contributed by atoms with Gasteiger partial charge in [0.1, 0.15) is 11.5 Å². The predicted octanol–water partition coefficient (Wildman–Crippen LogP) is 6.43. The highest BCUT2D eigenvalue weighted by atomic mass is 16.8. The number of hydrogen-bond donors (Lipinski definition) is 3. The van der Waals surface area contributed by atoms with E-state index in [2.05, 4.69) is 19.2 Å². The summed E-state index contributed by atoms with van der Waals surface area (Å²) in [5.74, 6) is -2.69. The number of para-hydroxylation sites is 2. The van der Waals surface area contributed by atoms with Gasteiger partial charge in [-0.1, -0.05) is 86.0 Å². The Bertz CT molecular complexity index is 1560. The zero-order chi connectivity index (χ0) is 30.3. The molecular formula is C35H32O7. The normalized spacial score (nSPS) is 11.3. The Morgan fingerprint density at radius 2 is 1.21 bits per heavy atom. The van der Waals surface area contributed by atoms with Gasteiger partial charge in [-0.3, -0.25) is 0 Å². The second kappa shape index (κ2) is 13.0. The number of rotatable bonds is 10. The molecule has 4 aromatic carbocycles. The molecular weight excluding hydrogens is 532 g/mol. The number of fused-ring (bicyclic) bond motifs is 3. The maximum atomic E-state index is 11.3. The highest BCUT2D eigenvalue weighted by Crippen LogP contribution is 2.40. The van der Waals surface area contributed by atoms with Crippen molar-refractivity contribution in [3.63, 3.8) is 0 Å². The van der Waals surface area contributed by atoms with Crippen LogP contribution in [0.2, 0.25) is 0 Å². The first-order valence-electron chi connectivity index (χ1n) is 13.3. The molecule has 5 rings (SSSR count). The minimum Gasteiger partial charge on any atom is -0.478 e. The van der Waals surface area contributed by atoms with Crippen molar-refractivity contribution in [1.82, 2.24) is 0 Å². The molecule has 0 unspecified atom stereocenters. The van der Waals surface area contributed by atoms with E-state index in [0.29, 0.717) is 17.9 Å². The maximum absolute atomic E-state index is 11.3. The number of aliphatic hydroxyl groups is 1. The molecule has 0 aliphatic heterocycles. The van der Waals surface area contributed by atoms with Gasteiger partial charge < -0.3 is 24.8 Å². The number of carboxylic acid groups (broad SMARTS) is 2. The van der Waals surface area contributed by atoms with Crippen LogP contribution < -0.4 is 9.47 Å². The van der Waals surface area contributed by atoms with Crippen LogP contribution in [-0.4, -0.2) is 33.2 Å². The molecule has 1 aliphatic carbocycles. The minimum atomic E-state index is -1.69. The van der Waals surface area contributed by atoms with Gasteiger partial charge in [0.2, 0.25) is 0 Å². The van der Waals surface area contributed by atoms with Crippen molar-refractivity contribution in [3.8, 4) is 22.6 Å². The number of hydrogen-bond acceptors (Lipinski definition) is 5. The third-order valence-electron chi connectivity index (χ3n) is 6.70. The van der Waals surface area contributed by atoms with E-state index in [0.717, 1.165) is 27.8 Å². The summed E-state index contributed by atoms with van der Waals surface area (Å²) < 4.78 is 10.7. The van der Waals surface area contributed by atoms with E-state index in [4.69, 9.17) is 14.6 Å². The van der Waals surface area contributed by atoms with Crippen molar-refractivity contribution in [1.29, 1.82) is 0 Å². The van der Waals surface area contributed by atoms with E-state index in [1.807, 2.05) is 66.7 Å². The van der Waals surface area contributed by atoms with E-state index < -0.39 is 17.9 Å². The van der Waals surface area contributed by atoms with Gasteiger partial charge >= 0.3 is 17.9 Å². The number of ether oxygens (including phenoxy) is 2. The van der Waals surface area contributed by atoms with Crippen molar-refractivity contribution in [2.45, 2.75) is 32.2 Å². The van der Waals surface area contributed by atoms with E-state index in [9.17, 15) is 19.8 Å². The lowest BCUT2D eigenvalue weighted by Gasteiger charge is -2.25. The van der Waals surface area contributed by atoms with Gasteiger partial charge in [0.05, 0.1) is 0 Å². The van der Waals surface area contributed by atoms with Crippen molar-refractivity contribution < 1.29 is 34.4 Å². The number of benzene rings is 4. The van der Waals surface area contributed by atoms with E-state index in [-0.39, 0.29) is 24.0 Å². The van der Waals surface area contributed by atoms with Crippen molar-refractivity contribution >= 4 is 11.9 Å². The summed E-state index contributed by atoms with van der Waals surface area (Å²) in [6.07, 6.45) is 1.08. The van der Waals surface area contributed by atoms with Crippen LogP contribution in [0.25, 0.3) is 11.1 Å². The molecule has 7 heteroatoms. The molecule has 1 aliphatic rings. The van der Waals surface area contributed by atoms with E-state index in [1.54, 1.807) is 24.3 Å². The first kappa shape index (κ1) is 29.8. The van der Waals surface area contributed by atoms with Gasteiger partial charge in [0, 0.05) is 30.9 Å². The average molecular weight is 565 g/mol. The Morgan fingerprint density at radius 1 is 0.714 bits per heavy atom. The molecule has 0 heterocycles. The Labute approximate surface area is 244 Å². The largest absolute Gasteiger partial charge is 0.478 e. The monoisotopic (exact) mass is 564 g/mol.